The zero-order chi connectivity index (χ0) is 20.7. The molecule has 0 radical (unpaired) electrons. The van der Waals surface area contributed by atoms with Gasteiger partial charge in [-0.05, 0) is 46.6 Å². The largest absolute Gasteiger partial charge is 0.459 e. The Balaban J connectivity index is 2.69. The highest BCUT2D eigenvalue weighted by Crippen LogP contribution is 2.20. The number of urea groups is 1. The number of esters is 2. The molecule has 0 aliphatic carbocycles. The first-order valence-corrected chi connectivity index (χ1v) is 8.74. The zero-order valence-electron chi connectivity index (χ0n) is 16.5. The molecule has 9 heteroatoms. The highest BCUT2D eigenvalue weighted by Gasteiger charge is 2.25. The van der Waals surface area contributed by atoms with E-state index in [2.05, 4.69) is 15.6 Å². The number of rotatable bonds is 7. The number of aromatic nitrogens is 1. The standard InChI is InChI=1S/C18H27N3O6/c1-7-10(4)19-18(25)21-13(22)8-26-17(24)15-11(5)14(12(6)20-15)16(23)27-9(2)3/h9-10,20H,7-8H2,1-6H3,(H2,19,21,22,25)/t10-/m0/s1. The van der Waals surface area contributed by atoms with Gasteiger partial charge in [-0.15, -0.1) is 0 Å². The molecule has 3 amide bonds. The third kappa shape index (κ3) is 6.43. The SMILES string of the molecule is CC[C@H](C)NC(=O)NC(=O)COC(=O)c1[nH]c(C)c(C(=O)OC(C)C)c1C. The van der Waals surface area contributed by atoms with Crippen molar-refractivity contribution in [3.05, 3.63) is 22.5 Å². The van der Waals surface area contributed by atoms with Gasteiger partial charge in [-0.25, -0.2) is 14.4 Å². The van der Waals surface area contributed by atoms with Crippen LogP contribution < -0.4 is 10.6 Å². The molecule has 0 unspecified atom stereocenters. The Hall–Kier alpha value is -2.84. The third-order valence-electron chi connectivity index (χ3n) is 3.77. The highest BCUT2D eigenvalue weighted by molar-refractivity contribution is 6.00. The summed E-state index contributed by atoms with van der Waals surface area (Å²) >= 11 is 0. The maximum atomic E-state index is 12.2. The van der Waals surface area contributed by atoms with Crippen LogP contribution in [0.5, 0.6) is 0 Å². The van der Waals surface area contributed by atoms with Crippen molar-refractivity contribution in [3.63, 3.8) is 0 Å². The number of carbonyl (C=O) groups is 4. The highest BCUT2D eigenvalue weighted by atomic mass is 16.5. The fourth-order valence-corrected chi connectivity index (χ4v) is 2.26. The molecule has 1 heterocycles. The molecule has 3 N–H and O–H groups in total. The Labute approximate surface area is 158 Å². The maximum Gasteiger partial charge on any atom is 0.355 e. The molecule has 0 saturated carbocycles. The van der Waals surface area contributed by atoms with Crippen LogP contribution in [0.1, 0.15) is 66.2 Å². The second-order valence-corrected chi connectivity index (χ2v) is 6.49. The van der Waals surface area contributed by atoms with Crippen molar-refractivity contribution in [2.75, 3.05) is 6.61 Å². The van der Waals surface area contributed by atoms with E-state index in [9.17, 15) is 19.2 Å². The minimum atomic E-state index is -0.809. The number of aryl methyl sites for hydroxylation is 1. The average molecular weight is 381 g/mol. The van der Waals surface area contributed by atoms with Crippen molar-refractivity contribution in [1.29, 1.82) is 0 Å². The Morgan fingerprint density at radius 3 is 2.26 bits per heavy atom. The van der Waals surface area contributed by atoms with E-state index in [0.717, 1.165) is 0 Å². The number of ether oxygens (including phenoxy) is 2. The molecular weight excluding hydrogens is 354 g/mol. The van der Waals surface area contributed by atoms with Gasteiger partial charge in [-0.1, -0.05) is 6.92 Å². The Morgan fingerprint density at radius 2 is 1.70 bits per heavy atom. The molecule has 0 aliphatic heterocycles. The van der Waals surface area contributed by atoms with Gasteiger partial charge < -0.3 is 19.8 Å². The molecule has 0 spiro atoms. The number of nitrogens with one attached hydrogen (secondary N) is 3. The topological polar surface area (TPSA) is 127 Å². The van der Waals surface area contributed by atoms with Crippen molar-refractivity contribution >= 4 is 23.9 Å². The first-order chi connectivity index (χ1) is 12.6. The predicted octanol–water partition coefficient (Wildman–Crippen LogP) is 1.98. The van der Waals surface area contributed by atoms with Crippen molar-refractivity contribution in [2.45, 2.75) is 60.1 Å². The van der Waals surface area contributed by atoms with Crippen LogP contribution in [0.25, 0.3) is 0 Å². The van der Waals surface area contributed by atoms with Gasteiger partial charge in [-0.3, -0.25) is 10.1 Å². The van der Waals surface area contributed by atoms with E-state index in [4.69, 9.17) is 9.47 Å². The van der Waals surface area contributed by atoms with E-state index in [1.807, 2.05) is 6.92 Å². The zero-order valence-corrected chi connectivity index (χ0v) is 16.5. The molecule has 0 bridgehead atoms. The smallest absolute Gasteiger partial charge is 0.355 e. The van der Waals surface area contributed by atoms with Crippen molar-refractivity contribution in [1.82, 2.24) is 15.6 Å². The van der Waals surface area contributed by atoms with E-state index < -0.39 is 30.5 Å². The number of hydrogen-bond acceptors (Lipinski definition) is 6. The molecule has 150 valence electrons. The molecule has 0 fully saturated rings. The number of aromatic amines is 1. The van der Waals surface area contributed by atoms with Crippen molar-refractivity contribution in [3.8, 4) is 0 Å². The number of imide groups is 1. The maximum absolute atomic E-state index is 12.2. The first-order valence-electron chi connectivity index (χ1n) is 8.74. The van der Waals surface area contributed by atoms with Crippen LogP contribution in [0.4, 0.5) is 4.79 Å². The summed E-state index contributed by atoms with van der Waals surface area (Å²) in [5.74, 6) is -2.11. The quantitative estimate of drug-likeness (QED) is 0.620. The monoisotopic (exact) mass is 381 g/mol. The minimum Gasteiger partial charge on any atom is -0.459 e. The first kappa shape index (κ1) is 22.2. The Morgan fingerprint density at radius 1 is 1.07 bits per heavy atom. The molecule has 1 rings (SSSR count). The lowest BCUT2D eigenvalue weighted by molar-refractivity contribution is -0.123. The molecule has 9 nitrogen and oxygen atoms in total. The van der Waals surface area contributed by atoms with Crippen LogP contribution in [-0.2, 0) is 14.3 Å². The Bertz CT molecular complexity index is 723. The Kier molecular flexibility index (Phi) is 8.01. The number of hydrogen-bond donors (Lipinski definition) is 3. The van der Waals surface area contributed by atoms with Gasteiger partial charge in [0.05, 0.1) is 11.7 Å². The summed E-state index contributed by atoms with van der Waals surface area (Å²) < 4.78 is 10.1. The number of amides is 3. The van der Waals surface area contributed by atoms with Crippen LogP contribution in [0, 0.1) is 13.8 Å². The van der Waals surface area contributed by atoms with Crippen LogP contribution in [-0.4, -0.2) is 47.6 Å². The molecule has 0 aliphatic rings. The van der Waals surface area contributed by atoms with Gasteiger partial charge in [0, 0.05) is 11.7 Å². The molecule has 1 aromatic rings. The second kappa shape index (κ2) is 9.75. The number of carbonyl (C=O) groups excluding carboxylic acids is 4. The summed E-state index contributed by atoms with van der Waals surface area (Å²) in [6.07, 6.45) is 0.413. The summed E-state index contributed by atoms with van der Waals surface area (Å²) in [6.45, 7) is 9.71. The summed E-state index contributed by atoms with van der Waals surface area (Å²) in [6, 6.07) is -0.745. The van der Waals surface area contributed by atoms with Crippen LogP contribution in [0.2, 0.25) is 0 Å². The third-order valence-corrected chi connectivity index (χ3v) is 3.77. The minimum absolute atomic E-state index is 0.0556. The summed E-state index contributed by atoms with van der Waals surface area (Å²) in [5, 5.41) is 4.63. The normalized spacial score (nSPS) is 11.7. The van der Waals surface area contributed by atoms with Gasteiger partial charge in [-0.2, -0.15) is 0 Å². The van der Waals surface area contributed by atoms with Crippen molar-refractivity contribution < 1.29 is 28.7 Å². The lowest BCUT2D eigenvalue weighted by Gasteiger charge is -2.11. The summed E-state index contributed by atoms with van der Waals surface area (Å²) in [5.41, 5.74) is 1.15. The lowest BCUT2D eigenvalue weighted by atomic mass is 10.1. The van der Waals surface area contributed by atoms with E-state index in [1.54, 1.807) is 34.6 Å². The van der Waals surface area contributed by atoms with Gasteiger partial charge in [0.15, 0.2) is 6.61 Å². The van der Waals surface area contributed by atoms with E-state index in [-0.39, 0.29) is 23.4 Å². The molecule has 27 heavy (non-hydrogen) atoms. The lowest BCUT2D eigenvalue weighted by Crippen LogP contribution is -2.44. The second-order valence-electron chi connectivity index (χ2n) is 6.49. The summed E-state index contributed by atoms with van der Waals surface area (Å²) in [7, 11) is 0. The predicted molar refractivity (Wildman–Crippen MR) is 97.5 cm³/mol. The van der Waals surface area contributed by atoms with Crippen molar-refractivity contribution in [2.24, 2.45) is 0 Å². The van der Waals surface area contributed by atoms with E-state index in [0.29, 0.717) is 17.7 Å². The summed E-state index contributed by atoms with van der Waals surface area (Å²) in [4.78, 5) is 50.4. The van der Waals surface area contributed by atoms with Crippen LogP contribution in [0.3, 0.4) is 0 Å². The molecule has 1 aromatic heterocycles. The van der Waals surface area contributed by atoms with Gasteiger partial charge >= 0.3 is 18.0 Å². The van der Waals surface area contributed by atoms with Crippen LogP contribution in [0.15, 0.2) is 0 Å². The van der Waals surface area contributed by atoms with Crippen LogP contribution >= 0.6 is 0 Å². The van der Waals surface area contributed by atoms with E-state index >= 15 is 0 Å². The van der Waals surface area contributed by atoms with E-state index in [1.165, 1.54) is 0 Å². The fraction of sp³-hybridized carbons (Fsp3) is 0.556. The molecule has 0 aromatic carbocycles. The average Bonchev–Trinajstić information content (AvgIpc) is 2.86. The molecular formula is C18H27N3O6. The molecule has 0 saturated heterocycles. The van der Waals surface area contributed by atoms with Gasteiger partial charge in [0.25, 0.3) is 5.91 Å². The van der Waals surface area contributed by atoms with Gasteiger partial charge in [0.1, 0.15) is 5.69 Å². The number of H-pyrrole nitrogens is 1. The fourth-order valence-electron chi connectivity index (χ4n) is 2.26. The van der Waals surface area contributed by atoms with Gasteiger partial charge in [0.2, 0.25) is 0 Å². The molecule has 1 atom stereocenters.